The fourth-order valence-corrected chi connectivity index (χ4v) is 1.85. The molecule has 6 heteroatoms. The minimum atomic E-state index is -0.913. The van der Waals surface area contributed by atoms with E-state index in [4.69, 9.17) is 16.3 Å². The highest BCUT2D eigenvalue weighted by Gasteiger charge is 2.18. The lowest BCUT2D eigenvalue weighted by molar-refractivity contribution is 0.0531. The van der Waals surface area contributed by atoms with Crippen molar-refractivity contribution in [3.8, 4) is 5.75 Å². The smallest absolute Gasteiger partial charge is 0.317 e. The second-order valence-electron chi connectivity index (χ2n) is 5.21. The number of amides is 2. The van der Waals surface area contributed by atoms with Crippen LogP contribution in [0.15, 0.2) is 24.3 Å². The van der Waals surface area contributed by atoms with Crippen LogP contribution in [0.1, 0.15) is 13.8 Å². The fraction of sp³-hybridized carbons (Fsp3) is 0.500. The molecule has 0 saturated heterocycles. The minimum Gasteiger partial charge on any atom is -0.492 e. The molecule has 0 aliphatic carbocycles. The van der Waals surface area contributed by atoms with E-state index in [1.54, 1.807) is 45.2 Å². The van der Waals surface area contributed by atoms with Gasteiger partial charge in [-0.1, -0.05) is 17.7 Å². The van der Waals surface area contributed by atoms with E-state index in [0.717, 1.165) is 0 Å². The molecule has 0 bridgehead atoms. The zero-order valence-electron chi connectivity index (χ0n) is 12.0. The van der Waals surface area contributed by atoms with Crippen LogP contribution >= 0.6 is 11.6 Å². The summed E-state index contributed by atoms with van der Waals surface area (Å²) >= 11 is 5.83. The molecule has 20 heavy (non-hydrogen) atoms. The van der Waals surface area contributed by atoms with Gasteiger partial charge >= 0.3 is 6.03 Å². The molecule has 0 radical (unpaired) electrons. The highest BCUT2D eigenvalue weighted by molar-refractivity contribution is 6.30. The predicted octanol–water partition coefficient (Wildman–Crippen LogP) is 2.13. The molecule has 0 aliphatic rings. The number of benzene rings is 1. The van der Waals surface area contributed by atoms with Crippen molar-refractivity contribution in [2.45, 2.75) is 19.4 Å². The number of hydrogen-bond acceptors (Lipinski definition) is 3. The van der Waals surface area contributed by atoms with Crippen LogP contribution in [-0.4, -0.2) is 48.4 Å². The van der Waals surface area contributed by atoms with Crippen molar-refractivity contribution in [1.29, 1.82) is 0 Å². The number of aliphatic hydroxyl groups is 1. The Kier molecular flexibility index (Phi) is 6.10. The van der Waals surface area contributed by atoms with Crippen LogP contribution < -0.4 is 10.1 Å². The average molecular weight is 301 g/mol. The maximum absolute atomic E-state index is 11.7. The molecule has 0 spiro atoms. The summed E-state index contributed by atoms with van der Waals surface area (Å²) in [6.45, 7) is 4.29. The van der Waals surface area contributed by atoms with Crippen LogP contribution in [0.5, 0.6) is 5.75 Å². The summed E-state index contributed by atoms with van der Waals surface area (Å²) in [7, 11) is 1.63. The Hall–Kier alpha value is -1.46. The Balaban J connectivity index is 2.25. The van der Waals surface area contributed by atoms with E-state index < -0.39 is 5.60 Å². The third-order valence-corrected chi connectivity index (χ3v) is 2.65. The highest BCUT2D eigenvalue weighted by atomic mass is 35.5. The van der Waals surface area contributed by atoms with Gasteiger partial charge in [0.15, 0.2) is 0 Å². The van der Waals surface area contributed by atoms with E-state index in [0.29, 0.717) is 23.9 Å². The number of nitrogens with zero attached hydrogens (tertiary/aromatic N) is 1. The van der Waals surface area contributed by atoms with Gasteiger partial charge in [-0.05, 0) is 32.0 Å². The Bertz CT molecular complexity index is 446. The maximum atomic E-state index is 11.7. The lowest BCUT2D eigenvalue weighted by Gasteiger charge is -2.25. The summed E-state index contributed by atoms with van der Waals surface area (Å²) in [5.41, 5.74) is -0.913. The van der Waals surface area contributed by atoms with Crippen molar-refractivity contribution < 1.29 is 14.6 Å². The SMILES string of the molecule is CN(CC(C)(C)O)C(=O)NCCOc1cccc(Cl)c1. The van der Waals surface area contributed by atoms with Crippen molar-refractivity contribution in [2.24, 2.45) is 0 Å². The first-order valence-electron chi connectivity index (χ1n) is 6.38. The van der Waals surface area contributed by atoms with Gasteiger partial charge in [-0.15, -0.1) is 0 Å². The lowest BCUT2D eigenvalue weighted by Crippen LogP contribution is -2.45. The molecule has 1 aromatic rings. The summed E-state index contributed by atoms with van der Waals surface area (Å²) in [5, 5.41) is 12.9. The normalized spacial score (nSPS) is 11.1. The Morgan fingerprint density at radius 2 is 2.20 bits per heavy atom. The molecule has 112 valence electrons. The van der Waals surface area contributed by atoms with E-state index in [1.165, 1.54) is 4.90 Å². The molecule has 0 saturated carbocycles. The first-order valence-corrected chi connectivity index (χ1v) is 6.75. The van der Waals surface area contributed by atoms with Gasteiger partial charge in [0, 0.05) is 12.1 Å². The van der Waals surface area contributed by atoms with Crippen LogP contribution in [0.4, 0.5) is 4.79 Å². The first kappa shape index (κ1) is 16.6. The number of likely N-dealkylation sites (N-methyl/N-ethyl adjacent to an activating group) is 1. The Morgan fingerprint density at radius 1 is 1.50 bits per heavy atom. The Labute approximate surface area is 124 Å². The minimum absolute atomic E-state index is 0.248. The van der Waals surface area contributed by atoms with Gasteiger partial charge in [-0.25, -0.2) is 4.79 Å². The quantitative estimate of drug-likeness (QED) is 0.791. The van der Waals surface area contributed by atoms with E-state index >= 15 is 0 Å². The van der Waals surface area contributed by atoms with Gasteiger partial charge in [-0.2, -0.15) is 0 Å². The monoisotopic (exact) mass is 300 g/mol. The number of halogens is 1. The van der Waals surface area contributed by atoms with Crippen molar-refractivity contribution in [2.75, 3.05) is 26.7 Å². The summed E-state index contributed by atoms with van der Waals surface area (Å²) in [6.07, 6.45) is 0. The van der Waals surface area contributed by atoms with Gasteiger partial charge in [0.05, 0.1) is 18.7 Å². The van der Waals surface area contributed by atoms with Gasteiger partial charge in [0.1, 0.15) is 12.4 Å². The van der Waals surface area contributed by atoms with Gasteiger partial charge in [-0.3, -0.25) is 0 Å². The van der Waals surface area contributed by atoms with Crippen molar-refractivity contribution in [3.63, 3.8) is 0 Å². The molecule has 0 unspecified atom stereocenters. The summed E-state index contributed by atoms with van der Waals surface area (Å²) in [5.74, 6) is 0.664. The van der Waals surface area contributed by atoms with Crippen molar-refractivity contribution >= 4 is 17.6 Å². The molecule has 0 aliphatic heterocycles. The summed E-state index contributed by atoms with van der Waals surface area (Å²) < 4.78 is 5.45. The topological polar surface area (TPSA) is 61.8 Å². The third kappa shape index (κ3) is 6.63. The number of ether oxygens (including phenoxy) is 1. The first-order chi connectivity index (χ1) is 9.28. The number of nitrogens with one attached hydrogen (secondary N) is 1. The molecule has 1 aromatic carbocycles. The van der Waals surface area contributed by atoms with Crippen LogP contribution in [0.3, 0.4) is 0 Å². The van der Waals surface area contributed by atoms with E-state index in [-0.39, 0.29) is 12.6 Å². The molecule has 5 nitrogen and oxygen atoms in total. The average Bonchev–Trinajstić information content (AvgIpc) is 2.32. The lowest BCUT2D eigenvalue weighted by atomic mass is 10.1. The number of rotatable bonds is 6. The fourth-order valence-electron chi connectivity index (χ4n) is 1.67. The van der Waals surface area contributed by atoms with Crippen LogP contribution in [-0.2, 0) is 0 Å². The molecule has 0 fully saturated rings. The molecule has 2 N–H and O–H groups in total. The van der Waals surface area contributed by atoms with E-state index in [1.807, 2.05) is 0 Å². The number of urea groups is 1. The summed E-state index contributed by atoms with van der Waals surface area (Å²) in [6, 6.07) is 6.83. The van der Waals surface area contributed by atoms with Crippen molar-refractivity contribution in [1.82, 2.24) is 10.2 Å². The van der Waals surface area contributed by atoms with Gasteiger partial charge < -0.3 is 20.1 Å². The van der Waals surface area contributed by atoms with Crippen LogP contribution in [0.2, 0.25) is 5.02 Å². The molecule has 0 heterocycles. The second kappa shape index (κ2) is 7.36. The maximum Gasteiger partial charge on any atom is 0.317 e. The number of carbonyl (C=O) groups excluding carboxylic acids is 1. The van der Waals surface area contributed by atoms with E-state index in [2.05, 4.69) is 5.32 Å². The number of carbonyl (C=O) groups is 1. The molecular weight excluding hydrogens is 280 g/mol. The highest BCUT2D eigenvalue weighted by Crippen LogP contribution is 2.16. The zero-order valence-corrected chi connectivity index (χ0v) is 12.8. The van der Waals surface area contributed by atoms with Gasteiger partial charge in [0.25, 0.3) is 0 Å². The zero-order chi connectivity index (χ0) is 15.2. The van der Waals surface area contributed by atoms with Crippen LogP contribution in [0.25, 0.3) is 0 Å². The molecular formula is C14H21ClN2O3. The predicted molar refractivity (Wildman–Crippen MR) is 79.3 cm³/mol. The largest absolute Gasteiger partial charge is 0.492 e. The van der Waals surface area contributed by atoms with Gasteiger partial charge in [0.2, 0.25) is 0 Å². The Morgan fingerprint density at radius 3 is 2.80 bits per heavy atom. The molecule has 0 atom stereocenters. The molecule has 0 aromatic heterocycles. The van der Waals surface area contributed by atoms with E-state index in [9.17, 15) is 9.90 Å². The third-order valence-electron chi connectivity index (χ3n) is 2.41. The molecule has 2 amide bonds. The van der Waals surface area contributed by atoms with Crippen LogP contribution in [0, 0.1) is 0 Å². The summed E-state index contributed by atoms with van der Waals surface area (Å²) in [4.78, 5) is 13.1. The standard InChI is InChI=1S/C14H21ClN2O3/c1-14(2,19)10-17(3)13(18)16-7-8-20-12-6-4-5-11(15)9-12/h4-6,9,19H,7-8,10H2,1-3H3,(H,16,18). The second-order valence-corrected chi connectivity index (χ2v) is 5.64. The molecule has 1 rings (SSSR count). The van der Waals surface area contributed by atoms with Crippen molar-refractivity contribution in [3.05, 3.63) is 29.3 Å². The number of hydrogen-bond donors (Lipinski definition) is 2.